The van der Waals surface area contributed by atoms with Crippen molar-refractivity contribution in [2.45, 2.75) is 27.7 Å². The van der Waals surface area contributed by atoms with Crippen LogP contribution in [0.2, 0.25) is 0 Å². The SMILES string of the molecule is Cc1cc(C)c(O)c(-c2cc(C)cc(C)c2OP)c1. The minimum atomic E-state index is 0.318. The lowest BCUT2D eigenvalue weighted by molar-refractivity contribution is 0.472. The fourth-order valence-electron chi connectivity index (χ4n) is 2.48. The number of aromatic hydroxyl groups is 1. The highest BCUT2D eigenvalue weighted by Gasteiger charge is 2.15. The number of phenols is 1. The Kier molecular flexibility index (Phi) is 3.82. The fourth-order valence-corrected chi connectivity index (χ4v) is 2.79. The lowest BCUT2D eigenvalue weighted by Gasteiger charge is -2.15. The lowest BCUT2D eigenvalue weighted by atomic mass is 9.95. The molecule has 0 amide bonds. The van der Waals surface area contributed by atoms with Gasteiger partial charge in [-0.3, -0.25) is 0 Å². The molecule has 2 aromatic rings. The molecule has 0 saturated carbocycles. The monoisotopic (exact) mass is 274 g/mol. The van der Waals surface area contributed by atoms with Crippen molar-refractivity contribution in [1.29, 1.82) is 0 Å². The summed E-state index contributed by atoms with van der Waals surface area (Å²) in [7, 11) is 2.29. The molecule has 0 spiro atoms. The quantitative estimate of drug-likeness (QED) is 0.819. The smallest absolute Gasteiger partial charge is 0.133 e. The maximum atomic E-state index is 10.3. The summed E-state index contributed by atoms with van der Waals surface area (Å²) in [5, 5.41) is 10.3. The Labute approximate surface area is 116 Å². The molecule has 0 radical (unpaired) electrons. The molecule has 0 fully saturated rings. The normalized spacial score (nSPS) is 10.6. The molecule has 0 heterocycles. The van der Waals surface area contributed by atoms with E-state index in [1.54, 1.807) is 0 Å². The van der Waals surface area contributed by atoms with Crippen LogP contribution >= 0.6 is 9.47 Å². The third kappa shape index (κ3) is 2.59. The predicted octanol–water partition coefficient (Wildman–Crippen LogP) is 4.46. The molecule has 0 saturated heterocycles. The van der Waals surface area contributed by atoms with Crippen molar-refractivity contribution in [3.63, 3.8) is 0 Å². The highest BCUT2D eigenvalue weighted by atomic mass is 31.0. The van der Waals surface area contributed by atoms with Crippen LogP contribution in [0.15, 0.2) is 24.3 Å². The molecule has 1 unspecified atom stereocenters. The Morgan fingerprint density at radius 2 is 1.37 bits per heavy atom. The number of hydrogen-bond donors (Lipinski definition) is 1. The van der Waals surface area contributed by atoms with E-state index in [1.807, 2.05) is 45.9 Å². The topological polar surface area (TPSA) is 29.5 Å². The van der Waals surface area contributed by atoms with Crippen LogP contribution in [0.5, 0.6) is 11.5 Å². The van der Waals surface area contributed by atoms with E-state index in [4.69, 9.17) is 4.52 Å². The third-order valence-electron chi connectivity index (χ3n) is 3.27. The van der Waals surface area contributed by atoms with Gasteiger partial charge in [-0.05, 0) is 62.1 Å². The van der Waals surface area contributed by atoms with Crippen LogP contribution in [0, 0.1) is 27.7 Å². The second-order valence-corrected chi connectivity index (χ2v) is 5.29. The largest absolute Gasteiger partial charge is 0.507 e. The van der Waals surface area contributed by atoms with Gasteiger partial charge >= 0.3 is 0 Å². The summed E-state index contributed by atoms with van der Waals surface area (Å²) in [5.74, 6) is 1.11. The number of aryl methyl sites for hydroxylation is 4. The molecular weight excluding hydrogens is 255 g/mol. The Bertz CT molecular complexity index is 633. The highest BCUT2D eigenvalue weighted by molar-refractivity contribution is 7.10. The molecule has 0 aliphatic carbocycles. The molecule has 19 heavy (non-hydrogen) atoms. The first kappa shape index (κ1) is 13.9. The van der Waals surface area contributed by atoms with Crippen molar-refractivity contribution in [1.82, 2.24) is 0 Å². The van der Waals surface area contributed by atoms with Crippen LogP contribution in [0.3, 0.4) is 0 Å². The Morgan fingerprint density at radius 1 is 0.842 bits per heavy atom. The predicted molar refractivity (Wildman–Crippen MR) is 82.8 cm³/mol. The zero-order chi connectivity index (χ0) is 14.2. The molecule has 2 rings (SSSR count). The number of rotatable bonds is 2. The lowest BCUT2D eigenvalue weighted by Crippen LogP contribution is -1.91. The van der Waals surface area contributed by atoms with Gasteiger partial charge in [0.25, 0.3) is 0 Å². The van der Waals surface area contributed by atoms with E-state index in [9.17, 15) is 5.11 Å². The first-order chi connectivity index (χ1) is 8.93. The molecule has 0 aliphatic heterocycles. The van der Waals surface area contributed by atoms with Crippen molar-refractivity contribution < 1.29 is 9.63 Å². The van der Waals surface area contributed by atoms with Gasteiger partial charge < -0.3 is 9.63 Å². The van der Waals surface area contributed by atoms with Gasteiger partial charge in [-0.15, -0.1) is 0 Å². The maximum Gasteiger partial charge on any atom is 0.133 e. The molecule has 1 N–H and O–H groups in total. The van der Waals surface area contributed by atoms with Gasteiger partial charge in [0.05, 0.1) is 9.47 Å². The van der Waals surface area contributed by atoms with Crippen molar-refractivity contribution in [2.24, 2.45) is 0 Å². The number of hydrogen-bond acceptors (Lipinski definition) is 2. The minimum absolute atomic E-state index is 0.318. The fraction of sp³-hybridized carbons (Fsp3) is 0.250. The summed E-state index contributed by atoms with van der Waals surface area (Å²) >= 11 is 0. The van der Waals surface area contributed by atoms with Crippen LogP contribution in [0.25, 0.3) is 11.1 Å². The van der Waals surface area contributed by atoms with Gasteiger partial charge in [-0.1, -0.05) is 12.1 Å². The van der Waals surface area contributed by atoms with E-state index in [1.165, 1.54) is 0 Å². The maximum absolute atomic E-state index is 10.3. The Hall–Kier alpha value is -1.53. The summed E-state index contributed by atoms with van der Waals surface area (Å²) in [4.78, 5) is 0. The molecule has 1 atom stereocenters. The van der Waals surface area contributed by atoms with Gasteiger partial charge in [0.1, 0.15) is 11.5 Å². The van der Waals surface area contributed by atoms with Gasteiger partial charge in [0, 0.05) is 11.1 Å². The Balaban J connectivity index is 2.78. The third-order valence-corrected chi connectivity index (χ3v) is 3.51. The molecule has 2 nitrogen and oxygen atoms in total. The van der Waals surface area contributed by atoms with E-state index in [-0.39, 0.29) is 0 Å². The molecule has 0 aromatic heterocycles. The summed E-state index contributed by atoms with van der Waals surface area (Å²) < 4.78 is 5.43. The molecule has 3 heteroatoms. The van der Waals surface area contributed by atoms with Crippen molar-refractivity contribution in [2.75, 3.05) is 0 Å². The van der Waals surface area contributed by atoms with Crippen LogP contribution in [-0.4, -0.2) is 5.11 Å². The molecule has 2 aromatic carbocycles. The first-order valence-corrected chi connectivity index (χ1v) is 6.69. The van der Waals surface area contributed by atoms with Gasteiger partial charge in [0.15, 0.2) is 0 Å². The summed E-state index contributed by atoms with van der Waals surface area (Å²) in [5.41, 5.74) is 5.96. The van der Waals surface area contributed by atoms with Crippen LogP contribution in [0.4, 0.5) is 0 Å². The highest BCUT2D eigenvalue weighted by Crippen LogP contribution is 2.41. The molecule has 0 aliphatic rings. The zero-order valence-electron chi connectivity index (χ0n) is 11.7. The van der Waals surface area contributed by atoms with Crippen LogP contribution in [-0.2, 0) is 0 Å². The second-order valence-electron chi connectivity index (χ2n) is 5.05. The van der Waals surface area contributed by atoms with Gasteiger partial charge in [0.2, 0.25) is 0 Å². The Morgan fingerprint density at radius 3 is 1.95 bits per heavy atom. The minimum Gasteiger partial charge on any atom is -0.507 e. The number of phenolic OH excluding ortho intramolecular Hbond substituents is 1. The number of benzene rings is 2. The molecule has 100 valence electrons. The average molecular weight is 274 g/mol. The van der Waals surface area contributed by atoms with Gasteiger partial charge in [-0.2, -0.15) is 0 Å². The summed E-state index contributed by atoms with van der Waals surface area (Å²) in [6, 6.07) is 8.08. The van der Waals surface area contributed by atoms with Crippen LogP contribution in [0.1, 0.15) is 22.3 Å². The first-order valence-electron chi connectivity index (χ1n) is 6.22. The van der Waals surface area contributed by atoms with E-state index >= 15 is 0 Å². The van der Waals surface area contributed by atoms with E-state index in [0.717, 1.165) is 39.1 Å². The average Bonchev–Trinajstić information content (AvgIpc) is 2.33. The molecule has 0 bridgehead atoms. The van der Waals surface area contributed by atoms with Crippen molar-refractivity contribution in [3.8, 4) is 22.6 Å². The molecular formula is C16H19O2P. The summed E-state index contributed by atoms with van der Waals surface area (Å²) in [6.07, 6.45) is 0. The van der Waals surface area contributed by atoms with E-state index in [0.29, 0.717) is 5.75 Å². The van der Waals surface area contributed by atoms with E-state index < -0.39 is 0 Å². The van der Waals surface area contributed by atoms with Crippen molar-refractivity contribution >= 4 is 9.47 Å². The van der Waals surface area contributed by atoms with Crippen molar-refractivity contribution in [3.05, 3.63) is 46.5 Å². The summed E-state index contributed by atoms with van der Waals surface area (Å²) in [6.45, 7) is 7.99. The second kappa shape index (κ2) is 5.22. The standard InChI is InChI=1S/C16H19O2P/c1-9-5-11(3)15(17)13(7-9)14-8-10(2)6-12(4)16(14)18-19/h5-8,17H,19H2,1-4H3. The zero-order valence-corrected chi connectivity index (χ0v) is 12.9. The van der Waals surface area contributed by atoms with Crippen LogP contribution < -0.4 is 4.52 Å². The van der Waals surface area contributed by atoms with E-state index in [2.05, 4.69) is 15.5 Å². The van der Waals surface area contributed by atoms with Gasteiger partial charge in [-0.25, -0.2) is 0 Å².